The fourth-order valence-corrected chi connectivity index (χ4v) is 3.56. The van der Waals surface area contributed by atoms with Crippen LogP contribution in [0, 0.1) is 13.8 Å². The van der Waals surface area contributed by atoms with Crippen molar-refractivity contribution in [2.75, 3.05) is 31.5 Å². The molecule has 2 aromatic heterocycles. The van der Waals surface area contributed by atoms with Gasteiger partial charge in [-0.3, -0.25) is 9.48 Å². The highest BCUT2D eigenvalue weighted by Crippen LogP contribution is 2.21. The van der Waals surface area contributed by atoms with Crippen LogP contribution in [-0.4, -0.2) is 56.7 Å². The largest absolute Gasteiger partial charge is 0.335 e. The molecule has 150 valence electrons. The number of hydrogen-bond donors (Lipinski definition) is 2. The van der Waals surface area contributed by atoms with Gasteiger partial charge in [-0.15, -0.1) is 0 Å². The molecule has 1 fully saturated rings. The van der Waals surface area contributed by atoms with Crippen molar-refractivity contribution in [1.82, 2.24) is 30.0 Å². The smallest absolute Gasteiger partial charge is 0.272 e. The molecule has 8 nitrogen and oxygen atoms in total. The molecule has 1 saturated heterocycles. The van der Waals surface area contributed by atoms with Crippen molar-refractivity contribution in [1.29, 1.82) is 0 Å². The minimum absolute atomic E-state index is 0.00427. The molecule has 1 amide bonds. The van der Waals surface area contributed by atoms with Crippen LogP contribution in [0.2, 0.25) is 0 Å². The average molecular weight is 391 g/mol. The molecule has 29 heavy (non-hydrogen) atoms. The molecule has 0 unspecified atom stereocenters. The van der Waals surface area contributed by atoms with E-state index in [1.54, 1.807) is 30.1 Å². The van der Waals surface area contributed by atoms with Crippen LogP contribution in [-0.2, 0) is 7.05 Å². The van der Waals surface area contributed by atoms with E-state index in [4.69, 9.17) is 0 Å². The first-order valence-electron chi connectivity index (χ1n) is 9.72. The van der Waals surface area contributed by atoms with Gasteiger partial charge in [0, 0.05) is 45.1 Å². The fourth-order valence-electron chi connectivity index (χ4n) is 3.56. The highest BCUT2D eigenvalue weighted by Gasteiger charge is 2.22. The molecule has 3 aromatic rings. The van der Waals surface area contributed by atoms with Crippen LogP contribution in [0.25, 0.3) is 11.4 Å². The Morgan fingerprint density at radius 2 is 1.79 bits per heavy atom. The highest BCUT2D eigenvalue weighted by atomic mass is 16.2. The van der Waals surface area contributed by atoms with E-state index in [1.807, 2.05) is 17.0 Å². The summed E-state index contributed by atoms with van der Waals surface area (Å²) in [5.41, 5.74) is 5.16. The molecule has 0 aliphatic carbocycles. The van der Waals surface area contributed by atoms with Crippen LogP contribution >= 0.6 is 0 Å². The van der Waals surface area contributed by atoms with Crippen LogP contribution in [0.1, 0.15) is 21.6 Å². The Bertz CT molecular complexity index is 1020. The monoisotopic (exact) mass is 391 g/mol. The van der Waals surface area contributed by atoms with Crippen LogP contribution in [0.15, 0.2) is 36.5 Å². The average Bonchev–Trinajstić information content (AvgIpc) is 3.09. The zero-order valence-electron chi connectivity index (χ0n) is 16.9. The fraction of sp³-hybridized carbons (Fsp3) is 0.333. The van der Waals surface area contributed by atoms with E-state index < -0.39 is 0 Å². The number of benzene rings is 1. The molecule has 1 aromatic carbocycles. The Morgan fingerprint density at radius 1 is 1.07 bits per heavy atom. The Hall–Kier alpha value is -3.26. The lowest BCUT2D eigenvalue weighted by Crippen LogP contribution is -2.46. The highest BCUT2D eigenvalue weighted by molar-refractivity contribution is 5.93. The molecule has 0 atom stereocenters. The molecule has 0 saturated carbocycles. The summed E-state index contributed by atoms with van der Waals surface area (Å²) >= 11 is 0. The molecular formula is C21H25N7O. The predicted octanol–water partition coefficient (Wildman–Crippen LogP) is 2.28. The molecule has 1 aliphatic rings. The van der Waals surface area contributed by atoms with Crippen molar-refractivity contribution in [3.05, 3.63) is 53.3 Å². The molecule has 0 radical (unpaired) electrons. The third-order valence-electron chi connectivity index (χ3n) is 4.90. The standard InChI is InChI=1S/C21H25N7O/c1-14-10-15(2)12-16(11-14)24-21-23-5-4-17(25-21)18-13-19(27(3)26-18)20(29)28-8-6-22-7-9-28/h4-5,10-13,22H,6-9H2,1-3H3,(H,23,24,25). The quantitative estimate of drug-likeness (QED) is 0.709. The zero-order chi connectivity index (χ0) is 20.4. The summed E-state index contributed by atoms with van der Waals surface area (Å²) in [4.78, 5) is 23.6. The molecule has 1 aliphatic heterocycles. The normalized spacial score (nSPS) is 14.1. The van der Waals surface area contributed by atoms with Gasteiger partial charge in [0.2, 0.25) is 5.95 Å². The zero-order valence-corrected chi connectivity index (χ0v) is 16.9. The van der Waals surface area contributed by atoms with E-state index in [9.17, 15) is 4.79 Å². The number of aryl methyl sites for hydroxylation is 3. The predicted molar refractivity (Wildman–Crippen MR) is 112 cm³/mol. The molecule has 8 heteroatoms. The van der Waals surface area contributed by atoms with E-state index >= 15 is 0 Å². The SMILES string of the molecule is Cc1cc(C)cc(Nc2nccc(-c3cc(C(=O)N4CCNCC4)n(C)n3)n2)c1. The number of piperazine rings is 1. The summed E-state index contributed by atoms with van der Waals surface area (Å²) in [5.74, 6) is 0.489. The lowest BCUT2D eigenvalue weighted by atomic mass is 10.1. The maximum absolute atomic E-state index is 12.8. The number of anilines is 2. The van der Waals surface area contributed by atoms with Crippen LogP contribution < -0.4 is 10.6 Å². The first kappa shape index (κ1) is 19.1. The first-order valence-corrected chi connectivity index (χ1v) is 9.72. The van der Waals surface area contributed by atoms with Gasteiger partial charge in [-0.25, -0.2) is 9.97 Å². The number of nitrogens with zero attached hydrogens (tertiary/aromatic N) is 5. The van der Waals surface area contributed by atoms with E-state index in [-0.39, 0.29) is 5.91 Å². The minimum Gasteiger partial charge on any atom is -0.335 e. The number of aromatic nitrogens is 4. The molecule has 0 bridgehead atoms. The van der Waals surface area contributed by atoms with Gasteiger partial charge in [0.25, 0.3) is 5.91 Å². The number of hydrogen-bond acceptors (Lipinski definition) is 6. The van der Waals surface area contributed by atoms with Crippen LogP contribution in [0.4, 0.5) is 11.6 Å². The van der Waals surface area contributed by atoms with Gasteiger partial charge in [-0.05, 0) is 49.2 Å². The summed E-state index contributed by atoms with van der Waals surface area (Å²) in [5, 5.41) is 11.0. The summed E-state index contributed by atoms with van der Waals surface area (Å²) in [7, 11) is 1.79. The Labute approximate surface area is 170 Å². The van der Waals surface area contributed by atoms with E-state index in [0.717, 1.165) is 18.8 Å². The molecule has 3 heterocycles. The van der Waals surface area contributed by atoms with Gasteiger partial charge in [0.05, 0.1) is 5.69 Å². The molecule has 0 spiro atoms. The lowest BCUT2D eigenvalue weighted by Gasteiger charge is -2.27. The van der Waals surface area contributed by atoms with Crippen molar-refractivity contribution in [3.63, 3.8) is 0 Å². The van der Waals surface area contributed by atoms with Crippen LogP contribution in [0.5, 0.6) is 0 Å². The minimum atomic E-state index is -0.00427. The summed E-state index contributed by atoms with van der Waals surface area (Å²) in [6.45, 7) is 7.15. The third-order valence-corrected chi connectivity index (χ3v) is 4.90. The number of rotatable bonds is 4. The Morgan fingerprint density at radius 3 is 2.52 bits per heavy atom. The van der Waals surface area contributed by atoms with Crippen LogP contribution in [0.3, 0.4) is 0 Å². The maximum atomic E-state index is 12.8. The second kappa shape index (κ2) is 8.00. The first-order chi connectivity index (χ1) is 14.0. The van der Waals surface area contributed by atoms with Gasteiger partial charge < -0.3 is 15.5 Å². The summed E-state index contributed by atoms with van der Waals surface area (Å²) < 4.78 is 1.62. The van der Waals surface area contributed by atoms with Gasteiger partial charge in [0.1, 0.15) is 11.4 Å². The van der Waals surface area contributed by atoms with Gasteiger partial charge in [-0.1, -0.05) is 6.07 Å². The summed E-state index contributed by atoms with van der Waals surface area (Å²) in [6.07, 6.45) is 1.69. The Kier molecular flexibility index (Phi) is 5.26. The van der Waals surface area contributed by atoms with Gasteiger partial charge in [-0.2, -0.15) is 5.10 Å². The number of nitrogens with one attached hydrogen (secondary N) is 2. The summed E-state index contributed by atoms with van der Waals surface area (Å²) in [6, 6.07) is 9.82. The van der Waals surface area contributed by atoms with Gasteiger partial charge in [0.15, 0.2) is 0 Å². The number of carbonyl (C=O) groups is 1. The number of amides is 1. The molecular weight excluding hydrogens is 366 g/mol. The van der Waals surface area contributed by atoms with E-state index in [1.165, 1.54) is 11.1 Å². The van der Waals surface area contributed by atoms with E-state index in [0.29, 0.717) is 36.1 Å². The molecule has 4 rings (SSSR count). The van der Waals surface area contributed by atoms with Crippen molar-refractivity contribution >= 4 is 17.5 Å². The second-order valence-corrected chi connectivity index (χ2v) is 7.35. The second-order valence-electron chi connectivity index (χ2n) is 7.35. The van der Waals surface area contributed by atoms with Crippen molar-refractivity contribution in [2.45, 2.75) is 13.8 Å². The maximum Gasteiger partial charge on any atom is 0.272 e. The van der Waals surface area contributed by atoms with E-state index in [2.05, 4.69) is 45.6 Å². The lowest BCUT2D eigenvalue weighted by molar-refractivity contribution is 0.0724. The van der Waals surface area contributed by atoms with Gasteiger partial charge >= 0.3 is 0 Å². The topological polar surface area (TPSA) is 88.0 Å². The molecule has 2 N–H and O–H groups in total. The number of carbonyl (C=O) groups excluding carboxylic acids is 1. The van der Waals surface area contributed by atoms with Crippen molar-refractivity contribution in [2.24, 2.45) is 7.05 Å². The van der Waals surface area contributed by atoms with Crippen molar-refractivity contribution < 1.29 is 4.79 Å². The Balaban J connectivity index is 1.57. The third kappa shape index (κ3) is 4.27. The van der Waals surface area contributed by atoms with Crippen molar-refractivity contribution in [3.8, 4) is 11.4 Å².